The van der Waals surface area contributed by atoms with Gasteiger partial charge in [-0.25, -0.2) is 0 Å². The molecule has 4 heteroatoms. The number of ether oxygens (including phenoxy) is 1. The molecule has 0 bridgehead atoms. The van der Waals surface area contributed by atoms with E-state index in [-0.39, 0.29) is 17.8 Å². The van der Waals surface area contributed by atoms with Gasteiger partial charge in [0.1, 0.15) is 17.4 Å². The molecule has 1 unspecified atom stereocenters. The summed E-state index contributed by atoms with van der Waals surface area (Å²) in [6, 6.07) is 6.43. The molecular weight excluding hydrogens is 230 g/mol. The first kappa shape index (κ1) is 14.5. The molecule has 100 valence electrons. The maximum Gasteiger partial charge on any atom is 0.323 e. The first-order valence-electron chi connectivity index (χ1n) is 6.00. The zero-order valence-corrected chi connectivity index (χ0v) is 11.4. The van der Waals surface area contributed by atoms with E-state index in [1.165, 1.54) is 0 Å². The monoisotopic (exact) mass is 251 g/mol. The molecule has 0 saturated heterocycles. The van der Waals surface area contributed by atoms with Crippen LogP contribution in [0.5, 0.6) is 5.75 Å². The zero-order valence-electron chi connectivity index (χ0n) is 11.4. The molecule has 0 saturated carbocycles. The number of hydrogen-bond donors (Lipinski definition) is 2. The van der Waals surface area contributed by atoms with Crippen LogP contribution in [-0.2, 0) is 16.0 Å². The van der Waals surface area contributed by atoms with Gasteiger partial charge in [0.25, 0.3) is 0 Å². The Morgan fingerprint density at radius 2 is 1.89 bits per heavy atom. The Balaban J connectivity index is 2.67. The number of benzene rings is 1. The molecule has 0 amide bonds. The van der Waals surface area contributed by atoms with Crippen molar-refractivity contribution < 1.29 is 14.6 Å². The Bertz CT molecular complexity index is 392. The number of nitrogens with one attached hydrogen (secondary N) is 1. The van der Waals surface area contributed by atoms with Crippen LogP contribution in [0.2, 0.25) is 0 Å². The quantitative estimate of drug-likeness (QED) is 0.802. The van der Waals surface area contributed by atoms with Crippen LogP contribution in [0.4, 0.5) is 0 Å². The number of aromatic hydroxyl groups is 1. The van der Waals surface area contributed by atoms with Gasteiger partial charge in [-0.15, -0.1) is 0 Å². The average molecular weight is 251 g/mol. The van der Waals surface area contributed by atoms with Crippen LogP contribution in [0.15, 0.2) is 24.3 Å². The van der Waals surface area contributed by atoms with Gasteiger partial charge in [0.15, 0.2) is 0 Å². The Labute approximate surface area is 108 Å². The van der Waals surface area contributed by atoms with Crippen LogP contribution < -0.4 is 5.32 Å². The number of hydrogen-bond acceptors (Lipinski definition) is 4. The molecule has 2 N–H and O–H groups in total. The topological polar surface area (TPSA) is 58.6 Å². The summed E-state index contributed by atoms with van der Waals surface area (Å²) in [5.74, 6) is -0.0462. The predicted octanol–water partition coefficient (Wildman–Crippen LogP) is 1.86. The number of phenolic OH excluding ortho intramolecular Hbond substituents is 1. The smallest absolute Gasteiger partial charge is 0.323 e. The van der Waals surface area contributed by atoms with Crippen molar-refractivity contribution in [1.29, 1.82) is 0 Å². The normalized spacial score (nSPS) is 13.1. The Kier molecular flexibility index (Phi) is 4.73. The third-order valence-electron chi connectivity index (χ3n) is 2.42. The zero-order chi connectivity index (χ0) is 13.8. The molecule has 1 aromatic carbocycles. The predicted molar refractivity (Wildman–Crippen MR) is 70.5 cm³/mol. The second-order valence-corrected chi connectivity index (χ2v) is 5.25. The number of rotatable bonds is 4. The van der Waals surface area contributed by atoms with Crippen LogP contribution in [0.1, 0.15) is 26.3 Å². The van der Waals surface area contributed by atoms with E-state index in [4.69, 9.17) is 4.74 Å². The summed E-state index contributed by atoms with van der Waals surface area (Å²) in [6.45, 7) is 5.54. The fourth-order valence-electron chi connectivity index (χ4n) is 1.54. The van der Waals surface area contributed by atoms with Gasteiger partial charge < -0.3 is 15.2 Å². The summed E-state index contributed by atoms with van der Waals surface area (Å²) >= 11 is 0. The van der Waals surface area contributed by atoms with Crippen molar-refractivity contribution in [3.05, 3.63) is 29.8 Å². The largest absolute Gasteiger partial charge is 0.508 e. The highest BCUT2D eigenvalue weighted by molar-refractivity contribution is 5.76. The van der Waals surface area contributed by atoms with Gasteiger partial charge in [0, 0.05) is 0 Å². The number of phenols is 1. The standard InChI is InChI=1S/C14H21NO3/c1-14(2,3)18-13(17)12(15-4)9-10-5-7-11(16)8-6-10/h5-8,12,15-16H,9H2,1-4H3. The summed E-state index contributed by atoms with van der Waals surface area (Å²) in [5, 5.41) is 12.2. The maximum absolute atomic E-state index is 11.9. The SMILES string of the molecule is CNC(Cc1ccc(O)cc1)C(=O)OC(C)(C)C. The second kappa shape index (κ2) is 5.87. The van der Waals surface area contributed by atoms with E-state index in [1.54, 1.807) is 31.3 Å². The molecule has 0 aliphatic rings. The van der Waals surface area contributed by atoms with Gasteiger partial charge in [-0.1, -0.05) is 12.1 Å². The first-order chi connectivity index (χ1) is 8.31. The Morgan fingerprint density at radius 3 is 2.33 bits per heavy atom. The van der Waals surface area contributed by atoms with Crippen LogP contribution >= 0.6 is 0 Å². The number of likely N-dealkylation sites (N-methyl/N-ethyl adjacent to an activating group) is 1. The van der Waals surface area contributed by atoms with Gasteiger partial charge in [-0.3, -0.25) is 4.79 Å². The van der Waals surface area contributed by atoms with Crippen molar-refractivity contribution in [2.45, 2.75) is 38.8 Å². The molecule has 0 radical (unpaired) electrons. The van der Waals surface area contributed by atoms with Crippen molar-refractivity contribution in [3.63, 3.8) is 0 Å². The van der Waals surface area contributed by atoms with E-state index in [2.05, 4.69) is 5.32 Å². The number of carbonyl (C=O) groups is 1. The maximum atomic E-state index is 11.9. The molecule has 1 aromatic rings. The number of esters is 1. The molecular formula is C14H21NO3. The molecule has 18 heavy (non-hydrogen) atoms. The minimum absolute atomic E-state index is 0.219. The lowest BCUT2D eigenvalue weighted by Crippen LogP contribution is -2.41. The molecule has 0 spiro atoms. The molecule has 0 aliphatic carbocycles. The van der Waals surface area contributed by atoms with E-state index >= 15 is 0 Å². The highest BCUT2D eigenvalue weighted by atomic mass is 16.6. The van der Waals surface area contributed by atoms with Crippen molar-refractivity contribution >= 4 is 5.97 Å². The van der Waals surface area contributed by atoms with E-state index < -0.39 is 5.60 Å². The van der Waals surface area contributed by atoms with Gasteiger partial charge in [0.2, 0.25) is 0 Å². The molecule has 4 nitrogen and oxygen atoms in total. The number of carbonyl (C=O) groups excluding carboxylic acids is 1. The average Bonchev–Trinajstić information content (AvgIpc) is 2.25. The summed E-state index contributed by atoms with van der Waals surface area (Å²) in [7, 11) is 1.73. The van der Waals surface area contributed by atoms with Crippen LogP contribution in [0, 0.1) is 0 Å². The van der Waals surface area contributed by atoms with Gasteiger partial charge >= 0.3 is 5.97 Å². The van der Waals surface area contributed by atoms with Crippen molar-refractivity contribution in [2.75, 3.05) is 7.05 Å². The van der Waals surface area contributed by atoms with Crippen LogP contribution in [-0.4, -0.2) is 29.8 Å². The third kappa shape index (κ3) is 4.75. The van der Waals surface area contributed by atoms with E-state index in [9.17, 15) is 9.90 Å². The van der Waals surface area contributed by atoms with E-state index in [1.807, 2.05) is 20.8 Å². The Hall–Kier alpha value is -1.55. The summed E-state index contributed by atoms with van der Waals surface area (Å²) < 4.78 is 5.34. The fraction of sp³-hybridized carbons (Fsp3) is 0.500. The molecule has 1 rings (SSSR count). The van der Waals surface area contributed by atoms with Crippen molar-refractivity contribution in [3.8, 4) is 5.75 Å². The lowest BCUT2D eigenvalue weighted by molar-refractivity contribution is -0.157. The lowest BCUT2D eigenvalue weighted by atomic mass is 10.1. The third-order valence-corrected chi connectivity index (χ3v) is 2.42. The summed E-state index contributed by atoms with van der Waals surface area (Å²) in [5.41, 5.74) is 0.485. The van der Waals surface area contributed by atoms with Gasteiger partial charge in [-0.05, 0) is 51.9 Å². The Morgan fingerprint density at radius 1 is 1.33 bits per heavy atom. The van der Waals surface area contributed by atoms with E-state index in [0.29, 0.717) is 6.42 Å². The highest BCUT2D eigenvalue weighted by Crippen LogP contribution is 2.14. The van der Waals surface area contributed by atoms with Gasteiger partial charge in [0.05, 0.1) is 0 Å². The van der Waals surface area contributed by atoms with E-state index in [0.717, 1.165) is 5.56 Å². The lowest BCUT2D eigenvalue weighted by Gasteiger charge is -2.23. The fourth-order valence-corrected chi connectivity index (χ4v) is 1.54. The molecule has 0 aliphatic heterocycles. The minimum Gasteiger partial charge on any atom is -0.508 e. The first-order valence-corrected chi connectivity index (χ1v) is 6.00. The second-order valence-electron chi connectivity index (χ2n) is 5.25. The van der Waals surface area contributed by atoms with Crippen LogP contribution in [0.25, 0.3) is 0 Å². The van der Waals surface area contributed by atoms with Crippen LogP contribution in [0.3, 0.4) is 0 Å². The molecule has 0 fully saturated rings. The van der Waals surface area contributed by atoms with Crippen molar-refractivity contribution in [2.24, 2.45) is 0 Å². The summed E-state index contributed by atoms with van der Waals surface area (Å²) in [4.78, 5) is 11.9. The van der Waals surface area contributed by atoms with Crippen molar-refractivity contribution in [1.82, 2.24) is 5.32 Å². The summed E-state index contributed by atoms with van der Waals surface area (Å²) in [6.07, 6.45) is 0.533. The minimum atomic E-state index is -0.485. The highest BCUT2D eigenvalue weighted by Gasteiger charge is 2.23. The molecule has 0 heterocycles. The molecule has 1 atom stereocenters. The van der Waals surface area contributed by atoms with Gasteiger partial charge in [-0.2, -0.15) is 0 Å². The molecule has 0 aromatic heterocycles.